The lowest BCUT2D eigenvalue weighted by atomic mass is 9.84. The van der Waals surface area contributed by atoms with Gasteiger partial charge in [-0.3, -0.25) is 4.79 Å². The summed E-state index contributed by atoms with van der Waals surface area (Å²) in [6.45, 7) is 0. The highest BCUT2D eigenvalue weighted by Crippen LogP contribution is 2.78. The molecule has 0 radical (unpaired) electrons. The Morgan fingerprint density at radius 1 is 1.50 bits per heavy atom. The predicted molar refractivity (Wildman–Crippen MR) is 34.3 cm³/mol. The van der Waals surface area contributed by atoms with Crippen LogP contribution in [0.1, 0.15) is 6.42 Å². The van der Waals surface area contributed by atoms with Crippen LogP contribution >= 0.6 is 0 Å². The monoisotopic (exact) mass is 136 g/mol. The third-order valence-electron chi connectivity index (χ3n) is 3.21. The molecule has 4 saturated carbocycles. The van der Waals surface area contributed by atoms with Gasteiger partial charge in [-0.1, -0.05) is 0 Å². The van der Waals surface area contributed by atoms with Crippen LogP contribution < -0.4 is 0 Å². The minimum Gasteiger partial charge on any atom is -0.515 e. The van der Waals surface area contributed by atoms with Crippen molar-refractivity contribution < 1.29 is 9.90 Å². The number of rotatable bonds is 0. The van der Waals surface area contributed by atoms with E-state index in [9.17, 15) is 4.79 Å². The Balaban J connectivity index is 1.97. The van der Waals surface area contributed by atoms with Crippen LogP contribution in [0.4, 0.5) is 0 Å². The van der Waals surface area contributed by atoms with E-state index in [0.717, 1.165) is 30.4 Å². The van der Waals surface area contributed by atoms with Gasteiger partial charge in [0.1, 0.15) is 0 Å². The molecule has 2 bridgehead atoms. The molecule has 4 fully saturated rings. The first-order valence-electron chi connectivity index (χ1n) is 3.72. The van der Waals surface area contributed by atoms with Crippen molar-refractivity contribution in [2.45, 2.75) is 6.42 Å². The van der Waals surface area contributed by atoms with Crippen LogP contribution in [0.3, 0.4) is 0 Å². The van der Waals surface area contributed by atoms with E-state index in [2.05, 4.69) is 0 Å². The largest absolute Gasteiger partial charge is 0.515 e. The van der Waals surface area contributed by atoms with E-state index in [1.165, 1.54) is 0 Å². The second-order valence-electron chi connectivity index (χ2n) is 3.57. The zero-order valence-electron chi connectivity index (χ0n) is 5.45. The van der Waals surface area contributed by atoms with Gasteiger partial charge >= 0.3 is 0 Å². The standard InChI is InChI=1S/C8H8O2/c9-2-3-1-4-5-6(4)7(5)8(3)10/h2,4-7,9H,1H2/b3-2-/t4?,5-,6?,7?/m0/s1. The molecule has 1 N–H and O–H groups in total. The number of allylic oxidation sites excluding steroid dienone is 1. The lowest BCUT2D eigenvalue weighted by Crippen LogP contribution is -2.22. The van der Waals surface area contributed by atoms with Crippen LogP contribution in [0.15, 0.2) is 11.8 Å². The molecule has 2 nitrogen and oxygen atoms in total. The molecule has 3 unspecified atom stereocenters. The number of Topliss-reactive ketones (excluding diaryl/α,β-unsaturated/α-hetero) is 1. The van der Waals surface area contributed by atoms with Gasteiger partial charge in [0.25, 0.3) is 0 Å². The van der Waals surface area contributed by atoms with Crippen molar-refractivity contribution in [1.82, 2.24) is 0 Å². The first-order chi connectivity index (χ1) is 4.84. The second-order valence-corrected chi connectivity index (χ2v) is 3.57. The lowest BCUT2D eigenvalue weighted by molar-refractivity contribution is -0.119. The summed E-state index contributed by atoms with van der Waals surface area (Å²) in [5.41, 5.74) is 0.667. The molecule has 0 spiro atoms. The molecular formula is C8H8O2. The number of hydrogen-bond acceptors (Lipinski definition) is 2. The molecule has 52 valence electrons. The molecule has 4 aliphatic rings. The van der Waals surface area contributed by atoms with Crippen LogP contribution in [0.5, 0.6) is 0 Å². The number of fused-ring (bicyclic) bond motifs is 2. The molecule has 4 rings (SSSR count). The van der Waals surface area contributed by atoms with Crippen LogP contribution in [0.25, 0.3) is 0 Å². The summed E-state index contributed by atoms with van der Waals surface area (Å²) in [6, 6.07) is 0. The molecule has 0 aromatic rings. The van der Waals surface area contributed by atoms with Gasteiger partial charge < -0.3 is 5.11 Å². The van der Waals surface area contributed by atoms with E-state index in [1.54, 1.807) is 0 Å². The van der Waals surface area contributed by atoms with Crippen molar-refractivity contribution in [2.24, 2.45) is 23.7 Å². The third-order valence-corrected chi connectivity index (χ3v) is 3.21. The number of carbonyl (C=O) groups is 1. The van der Waals surface area contributed by atoms with Crippen molar-refractivity contribution in [3.8, 4) is 0 Å². The Morgan fingerprint density at radius 2 is 2.20 bits per heavy atom. The summed E-state index contributed by atoms with van der Waals surface area (Å²) in [6.07, 6.45) is 1.85. The molecule has 0 saturated heterocycles. The summed E-state index contributed by atoms with van der Waals surface area (Å²) in [4.78, 5) is 11.2. The molecule has 0 aromatic carbocycles. The van der Waals surface area contributed by atoms with Crippen molar-refractivity contribution in [1.29, 1.82) is 0 Å². The van der Waals surface area contributed by atoms with Crippen molar-refractivity contribution in [3.05, 3.63) is 11.8 Å². The Morgan fingerprint density at radius 3 is 2.70 bits per heavy atom. The molecule has 0 amide bonds. The topological polar surface area (TPSA) is 37.3 Å². The van der Waals surface area contributed by atoms with Gasteiger partial charge in [-0.2, -0.15) is 0 Å². The Bertz CT molecular complexity index is 244. The van der Waals surface area contributed by atoms with E-state index in [-0.39, 0.29) is 5.78 Å². The Kier molecular flexibility index (Phi) is 0.571. The van der Waals surface area contributed by atoms with E-state index in [1.807, 2.05) is 0 Å². The van der Waals surface area contributed by atoms with Gasteiger partial charge in [0.15, 0.2) is 5.78 Å². The SMILES string of the molecule is O=C1/C(=C\O)CC2C3C1[C@@H]23. The average Bonchev–Trinajstić information content (AvgIpc) is 2.74. The van der Waals surface area contributed by atoms with Gasteiger partial charge in [0, 0.05) is 11.5 Å². The summed E-state index contributed by atoms with van der Waals surface area (Å²) in [5.74, 6) is 2.84. The summed E-state index contributed by atoms with van der Waals surface area (Å²) in [5, 5.41) is 8.63. The van der Waals surface area contributed by atoms with E-state index in [4.69, 9.17) is 5.11 Å². The highest BCUT2D eigenvalue weighted by molar-refractivity contribution is 6.02. The van der Waals surface area contributed by atoms with Crippen LogP contribution in [-0.2, 0) is 4.79 Å². The van der Waals surface area contributed by atoms with Gasteiger partial charge in [-0.15, -0.1) is 0 Å². The minimum absolute atomic E-state index is 0.222. The molecule has 2 heteroatoms. The maximum absolute atomic E-state index is 11.2. The molecule has 4 atom stereocenters. The number of hydrogen-bond donors (Lipinski definition) is 1. The van der Waals surface area contributed by atoms with Crippen LogP contribution in [-0.4, -0.2) is 10.9 Å². The van der Waals surface area contributed by atoms with Crippen molar-refractivity contribution in [3.63, 3.8) is 0 Å². The molecular weight excluding hydrogens is 128 g/mol. The van der Waals surface area contributed by atoms with E-state index < -0.39 is 0 Å². The predicted octanol–water partition coefficient (Wildman–Crippen LogP) is 0.893. The van der Waals surface area contributed by atoms with Crippen molar-refractivity contribution in [2.75, 3.05) is 0 Å². The zero-order chi connectivity index (χ0) is 6.88. The fraction of sp³-hybridized carbons (Fsp3) is 0.625. The maximum atomic E-state index is 11.2. The Labute approximate surface area is 58.5 Å². The minimum atomic E-state index is 0.222. The molecule has 10 heavy (non-hydrogen) atoms. The first-order valence-corrected chi connectivity index (χ1v) is 3.72. The third kappa shape index (κ3) is 0.326. The highest BCUT2D eigenvalue weighted by atomic mass is 16.2. The van der Waals surface area contributed by atoms with Gasteiger partial charge in [0.2, 0.25) is 0 Å². The number of aliphatic hydroxyl groups excluding tert-OH is 1. The number of ketones is 1. The smallest absolute Gasteiger partial charge is 0.165 e. The van der Waals surface area contributed by atoms with Gasteiger partial charge in [-0.25, -0.2) is 0 Å². The van der Waals surface area contributed by atoms with E-state index in [0.29, 0.717) is 11.5 Å². The lowest BCUT2D eigenvalue weighted by Gasteiger charge is -2.19. The van der Waals surface area contributed by atoms with Crippen LogP contribution in [0, 0.1) is 23.7 Å². The number of carbonyl (C=O) groups excluding carboxylic acids is 1. The first kappa shape index (κ1) is 4.94. The highest BCUT2D eigenvalue weighted by Gasteiger charge is 2.78. The Hall–Kier alpha value is -0.790. The molecule has 0 aliphatic heterocycles. The van der Waals surface area contributed by atoms with Crippen molar-refractivity contribution >= 4 is 5.78 Å². The van der Waals surface area contributed by atoms with Gasteiger partial charge in [0.05, 0.1) is 6.26 Å². The molecule has 0 aromatic heterocycles. The van der Waals surface area contributed by atoms with Crippen LogP contribution in [0.2, 0.25) is 0 Å². The average molecular weight is 136 g/mol. The quantitative estimate of drug-likeness (QED) is 0.396. The fourth-order valence-corrected chi connectivity index (χ4v) is 2.48. The van der Waals surface area contributed by atoms with E-state index >= 15 is 0 Å². The number of aliphatic hydroxyl groups is 1. The normalized spacial score (nSPS) is 58.4. The molecule has 0 heterocycles. The summed E-state index contributed by atoms with van der Waals surface area (Å²) in [7, 11) is 0. The summed E-state index contributed by atoms with van der Waals surface area (Å²) >= 11 is 0. The maximum Gasteiger partial charge on any atom is 0.165 e. The summed E-state index contributed by atoms with van der Waals surface area (Å²) < 4.78 is 0. The zero-order valence-corrected chi connectivity index (χ0v) is 5.45. The second kappa shape index (κ2) is 1.16. The molecule has 4 aliphatic carbocycles. The fourth-order valence-electron chi connectivity index (χ4n) is 2.48. The van der Waals surface area contributed by atoms with Gasteiger partial charge in [-0.05, 0) is 24.2 Å².